The van der Waals surface area contributed by atoms with Crippen molar-refractivity contribution in [1.29, 1.82) is 0 Å². The number of rotatable bonds is 5. The number of hydrogen-bond acceptors (Lipinski definition) is 2. The van der Waals surface area contributed by atoms with E-state index in [0.717, 1.165) is 12.8 Å². The van der Waals surface area contributed by atoms with Gasteiger partial charge in [0.25, 0.3) is 0 Å². The molecule has 1 rings (SSSR count). The summed E-state index contributed by atoms with van der Waals surface area (Å²) in [4.78, 5) is 25.0. The van der Waals surface area contributed by atoms with Crippen LogP contribution in [-0.2, 0) is 4.79 Å². The number of nitrogens with zero attached hydrogens (tertiary/aromatic N) is 1. The van der Waals surface area contributed by atoms with E-state index in [1.165, 1.54) is 0 Å². The highest BCUT2D eigenvalue weighted by Gasteiger charge is 2.25. The third-order valence-electron chi connectivity index (χ3n) is 2.71. The van der Waals surface area contributed by atoms with Crippen molar-refractivity contribution in [3.63, 3.8) is 0 Å². The van der Waals surface area contributed by atoms with Crippen LogP contribution in [-0.4, -0.2) is 42.0 Å². The van der Waals surface area contributed by atoms with Gasteiger partial charge >= 0.3 is 6.03 Å². The lowest BCUT2D eigenvalue weighted by atomic mass is 10.3. The van der Waals surface area contributed by atoms with Crippen molar-refractivity contribution < 1.29 is 9.59 Å². The Balaban J connectivity index is 2.34. The minimum atomic E-state index is -0.460. The normalized spacial score (nSPS) is 16.4. The molecule has 1 fully saturated rings. The fourth-order valence-corrected chi connectivity index (χ4v) is 1.52. The van der Waals surface area contributed by atoms with E-state index in [-0.39, 0.29) is 11.9 Å². The molecule has 0 spiro atoms. The van der Waals surface area contributed by atoms with Crippen LogP contribution in [0.2, 0.25) is 0 Å². The SMILES string of the molecule is CCN(CC)C(=O)C(C)NC(=O)NC1CC1. The second-order valence-corrected chi connectivity index (χ2v) is 4.12. The standard InChI is InChI=1S/C11H21N3O2/c1-4-14(5-2)10(15)8(3)12-11(16)13-9-6-7-9/h8-9H,4-7H2,1-3H3,(H2,12,13,16). The molecule has 1 aliphatic carbocycles. The zero-order valence-corrected chi connectivity index (χ0v) is 10.2. The molecule has 0 aromatic heterocycles. The lowest BCUT2D eigenvalue weighted by Crippen LogP contribution is -2.50. The highest BCUT2D eigenvalue weighted by atomic mass is 16.2. The summed E-state index contributed by atoms with van der Waals surface area (Å²) in [6, 6.07) is -0.384. The van der Waals surface area contributed by atoms with Gasteiger partial charge in [0, 0.05) is 19.1 Å². The summed E-state index contributed by atoms with van der Waals surface area (Å²) >= 11 is 0. The smallest absolute Gasteiger partial charge is 0.315 e. The number of carbonyl (C=O) groups is 2. The van der Waals surface area contributed by atoms with Gasteiger partial charge in [-0.25, -0.2) is 4.79 Å². The lowest BCUT2D eigenvalue weighted by Gasteiger charge is -2.23. The van der Waals surface area contributed by atoms with Crippen molar-refractivity contribution >= 4 is 11.9 Å². The zero-order valence-electron chi connectivity index (χ0n) is 10.2. The molecule has 3 amide bonds. The van der Waals surface area contributed by atoms with Gasteiger partial charge in [-0.15, -0.1) is 0 Å². The molecule has 1 saturated carbocycles. The van der Waals surface area contributed by atoms with Crippen molar-refractivity contribution in [2.24, 2.45) is 0 Å². The highest BCUT2D eigenvalue weighted by Crippen LogP contribution is 2.18. The van der Waals surface area contributed by atoms with E-state index < -0.39 is 6.04 Å². The Morgan fingerprint density at radius 2 is 1.88 bits per heavy atom. The van der Waals surface area contributed by atoms with Crippen LogP contribution in [0.25, 0.3) is 0 Å². The molecule has 1 unspecified atom stereocenters. The molecule has 5 heteroatoms. The summed E-state index contributed by atoms with van der Waals surface area (Å²) in [5.74, 6) is -0.0315. The molecule has 0 aliphatic heterocycles. The average Bonchev–Trinajstić information content (AvgIpc) is 3.03. The Hall–Kier alpha value is -1.26. The molecule has 1 atom stereocenters. The molecule has 0 saturated heterocycles. The molecule has 0 radical (unpaired) electrons. The van der Waals surface area contributed by atoms with Crippen LogP contribution in [0.4, 0.5) is 4.79 Å². The average molecular weight is 227 g/mol. The third-order valence-corrected chi connectivity index (χ3v) is 2.71. The van der Waals surface area contributed by atoms with E-state index in [1.807, 2.05) is 13.8 Å². The highest BCUT2D eigenvalue weighted by molar-refractivity contribution is 5.86. The molecule has 0 aromatic carbocycles. The number of urea groups is 1. The quantitative estimate of drug-likeness (QED) is 0.726. The second-order valence-electron chi connectivity index (χ2n) is 4.12. The molecule has 5 nitrogen and oxygen atoms in total. The van der Waals surface area contributed by atoms with Gasteiger partial charge in [-0.1, -0.05) is 0 Å². The largest absolute Gasteiger partial charge is 0.341 e. The van der Waals surface area contributed by atoms with E-state index in [0.29, 0.717) is 19.1 Å². The number of nitrogens with one attached hydrogen (secondary N) is 2. The van der Waals surface area contributed by atoms with E-state index in [2.05, 4.69) is 10.6 Å². The molecule has 92 valence electrons. The maximum absolute atomic E-state index is 11.8. The Labute approximate surface area is 96.6 Å². The van der Waals surface area contributed by atoms with Crippen LogP contribution in [0.5, 0.6) is 0 Å². The van der Waals surface area contributed by atoms with Gasteiger partial charge < -0.3 is 15.5 Å². The minimum absolute atomic E-state index is 0.0315. The van der Waals surface area contributed by atoms with Gasteiger partial charge in [-0.05, 0) is 33.6 Å². The van der Waals surface area contributed by atoms with Gasteiger partial charge in [-0.3, -0.25) is 4.79 Å². The Morgan fingerprint density at radius 1 is 1.31 bits per heavy atom. The fraction of sp³-hybridized carbons (Fsp3) is 0.818. The van der Waals surface area contributed by atoms with Crippen LogP contribution >= 0.6 is 0 Å². The molecule has 2 N–H and O–H groups in total. The molecule has 1 aliphatic rings. The van der Waals surface area contributed by atoms with Gasteiger partial charge in [0.15, 0.2) is 0 Å². The zero-order chi connectivity index (χ0) is 12.1. The predicted molar refractivity (Wildman–Crippen MR) is 62.1 cm³/mol. The van der Waals surface area contributed by atoms with Crippen molar-refractivity contribution in [2.75, 3.05) is 13.1 Å². The van der Waals surface area contributed by atoms with E-state index in [1.54, 1.807) is 11.8 Å². The van der Waals surface area contributed by atoms with Crippen molar-refractivity contribution in [3.05, 3.63) is 0 Å². The second kappa shape index (κ2) is 5.72. The molecule has 0 heterocycles. The maximum atomic E-state index is 11.8. The van der Waals surface area contributed by atoms with Crippen molar-refractivity contribution in [1.82, 2.24) is 15.5 Å². The van der Waals surface area contributed by atoms with Crippen LogP contribution in [0.1, 0.15) is 33.6 Å². The summed E-state index contributed by atoms with van der Waals surface area (Å²) in [6.07, 6.45) is 2.09. The first kappa shape index (κ1) is 12.8. The number of likely N-dealkylation sites (N-methyl/N-ethyl adjacent to an activating group) is 1. The first-order valence-electron chi connectivity index (χ1n) is 5.94. The number of hydrogen-bond donors (Lipinski definition) is 2. The van der Waals surface area contributed by atoms with Gasteiger partial charge in [0.1, 0.15) is 6.04 Å². The van der Waals surface area contributed by atoms with Crippen molar-refractivity contribution in [3.8, 4) is 0 Å². The summed E-state index contributed by atoms with van der Waals surface area (Å²) in [6.45, 7) is 6.92. The summed E-state index contributed by atoms with van der Waals surface area (Å²) in [7, 11) is 0. The summed E-state index contributed by atoms with van der Waals surface area (Å²) in [5.41, 5.74) is 0. The number of amides is 3. The van der Waals surface area contributed by atoms with Gasteiger partial charge in [-0.2, -0.15) is 0 Å². The van der Waals surface area contributed by atoms with E-state index >= 15 is 0 Å². The van der Waals surface area contributed by atoms with Crippen molar-refractivity contribution in [2.45, 2.75) is 45.7 Å². The van der Waals surface area contributed by atoms with Gasteiger partial charge in [0.2, 0.25) is 5.91 Å². The Bertz CT molecular complexity index is 260. The van der Waals surface area contributed by atoms with E-state index in [9.17, 15) is 9.59 Å². The van der Waals surface area contributed by atoms with Crippen LogP contribution in [0.3, 0.4) is 0 Å². The molecule has 16 heavy (non-hydrogen) atoms. The fourth-order valence-electron chi connectivity index (χ4n) is 1.52. The number of carbonyl (C=O) groups excluding carboxylic acids is 2. The van der Waals surface area contributed by atoms with Crippen LogP contribution in [0.15, 0.2) is 0 Å². The summed E-state index contributed by atoms with van der Waals surface area (Å²) < 4.78 is 0. The van der Waals surface area contributed by atoms with Gasteiger partial charge in [0.05, 0.1) is 0 Å². The first-order valence-corrected chi connectivity index (χ1v) is 5.94. The van der Waals surface area contributed by atoms with Crippen LogP contribution in [0, 0.1) is 0 Å². The molecular weight excluding hydrogens is 206 g/mol. The lowest BCUT2D eigenvalue weighted by molar-refractivity contribution is -0.132. The third kappa shape index (κ3) is 3.72. The molecular formula is C11H21N3O2. The maximum Gasteiger partial charge on any atom is 0.315 e. The van der Waals surface area contributed by atoms with E-state index in [4.69, 9.17) is 0 Å². The Kier molecular flexibility index (Phi) is 4.58. The molecule has 0 bridgehead atoms. The predicted octanol–water partition coefficient (Wildman–Crippen LogP) is 0.705. The minimum Gasteiger partial charge on any atom is -0.341 e. The van der Waals surface area contributed by atoms with Crippen LogP contribution < -0.4 is 10.6 Å². The molecule has 0 aromatic rings. The Morgan fingerprint density at radius 3 is 2.31 bits per heavy atom. The topological polar surface area (TPSA) is 61.4 Å². The monoisotopic (exact) mass is 227 g/mol. The summed E-state index contributed by atoms with van der Waals surface area (Å²) in [5, 5.41) is 5.45. The first-order chi connectivity index (χ1) is 7.58.